The maximum absolute atomic E-state index is 11.7. The van der Waals surface area contributed by atoms with Crippen LogP contribution in [-0.2, 0) is 11.2 Å². The van der Waals surface area contributed by atoms with Crippen molar-refractivity contribution in [1.82, 2.24) is 5.32 Å². The van der Waals surface area contributed by atoms with Crippen LogP contribution in [0.1, 0.15) is 22.3 Å². The van der Waals surface area contributed by atoms with E-state index < -0.39 is 5.97 Å². The molecule has 0 radical (unpaired) electrons. The summed E-state index contributed by atoms with van der Waals surface area (Å²) in [7, 11) is 0. The molecule has 1 aromatic rings. The second-order valence-corrected chi connectivity index (χ2v) is 3.82. The molecule has 0 spiro atoms. The Bertz CT molecular complexity index is 456. The standard InChI is InChI=1S/C12H13NO4/c14-11(15)3-5-13-12(16)9-1-2-10-8(7-9)4-6-17-10/h1-2,7H,3-6H2,(H,13,16)(H,14,15). The quantitative estimate of drug-likeness (QED) is 0.810. The number of rotatable bonds is 4. The van der Waals surface area contributed by atoms with Gasteiger partial charge in [0.25, 0.3) is 5.91 Å². The van der Waals surface area contributed by atoms with Crippen LogP contribution in [0.3, 0.4) is 0 Å². The average molecular weight is 235 g/mol. The van der Waals surface area contributed by atoms with Crippen molar-refractivity contribution in [3.63, 3.8) is 0 Å². The van der Waals surface area contributed by atoms with Gasteiger partial charge < -0.3 is 15.2 Å². The van der Waals surface area contributed by atoms with Crippen molar-refractivity contribution in [3.05, 3.63) is 29.3 Å². The van der Waals surface area contributed by atoms with Crippen LogP contribution in [-0.4, -0.2) is 30.1 Å². The maximum Gasteiger partial charge on any atom is 0.305 e. The molecule has 5 heteroatoms. The van der Waals surface area contributed by atoms with Gasteiger partial charge in [0.1, 0.15) is 5.75 Å². The average Bonchev–Trinajstić information content (AvgIpc) is 2.75. The monoisotopic (exact) mass is 235 g/mol. The van der Waals surface area contributed by atoms with Gasteiger partial charge in [0.15, 0.2) is 0 Å². The first-order valence-electron chi connectivity index (χ1n) is 5.42. The third kappa shape index (κ3) is 2.75. The number of aliphatic carboxylic acids is 1. The predicted octanol–water partition coefficient (Wildman–Crippen LogP) is 0.826. The molecule has 1 aliphatic rings. The SMILES string of the molecule is O=C(O)CCNC(=O)c1ccc2c(c1)CCO2. The van der Waals surface area contributed by atoms with Gasteiger partial charge in [-0.25, -0.2) is 0 Å². The molecule has 0 saturated heterocycles. The number of carboxylic acids is 1. The zero-order valence-corrected chi connectivity index (χ0v) is 9.23. The largest absolute Gasteiger partial charge is 0.493 e. The van der Waals surface area contributed by atoms with E-state index in [4.69, 9.17) is 9.84 Å². The Kier molecular flexibility index (Phi) is 3.27. The van der Waals surface area contributed by atoms with Gasteiger partial charge in [-0.3, -0.25) is 9.59 Å². The summed E-state index contributed by atoms with van der Waals surface area (Å²) in [5.41, 5.74) is 1.57. The van der Waals surface area contributed by atoms with Crippen molar-refractivity contribution in [2.75, 3.05) is 13.2 Å². The van der Waals surface area contributed by atoms with Crippen LogP contribution < -0.4 is 10.1 Å². The molecule has 2 rings (SSSR count). The lowest BCUT2D eigenvalue weighted by atomic mass is 10.1. The number of benzene rings is 1. The van der Waals surface area contributed by atoms with Crippen LogP contribution >= 0.6 is 0 Å². The lowest BCUT2D eigenvalue weighted by molar-refractivity contribution is -0.136. The predicted molar refractivity (Wildman–Crippen MR) is 60.2 cm³/mol. The first kappa shape index (κ1) is 11.4. The van der Waals surface area contributed by atoms with Crippen molar-refractivity contribution in [1.29, 1.82) is 0 Å². The van der Waals surface area contributed by atoms with Crippen LogP contribution in [0.25, 0.3) is 0 Å². The Morgan fingerprint density at radius 1 is 1.41 bits per heavy atom. The van der Waals surface area contributed by atoms with Gasteiger partial charge in [-0.05, 0) is 23.8 Å². The summed E-state index contributed by atoms with van der Waals surface area (Å²) in [5.74, 6) is -0.347. The minimum absolute atomic E-state index is 0.0697. The molecule has 90 valence electrons. The van der Waals surface area contributed by atoms with E-state index in [9.17, 15) is 9.59 Å². The smallest absolute Gasteiger partial charge is 0.305 e. The molecule has 1 aromatic carbocycles. The third-order valence-electron chi connectivity index (χ3n) is 2.58. The van der Waals surface area contributed by atoms with Gasteiger partial charge >= 0.3 is 5.97 Å². The minimum atomic E-state index is -0.923. The molecule has 0 atom stereocenters. The molecule has 0 aliphatic carbocycles. The summed E-state index contributed by atoms with van der Waals surface area (Å²) < 4.78 is 5.34. The van der Waals surface area contributed by atoms with E-state index in [0.717, 1.165) is 17.7 Å². The number of fused-ring (bicyclic) bond motifs is 1. The van der Waals surface area contributed by atoms with Crippen LogP contribution in [0.15, 0.2) is 18.2 Å². The van der Waals surface area contributed by atoms with Gasteiger partial charge in [-0.2, -0.15) is 0 Å². The first-order valence-corrected chi connectivity index (χ1v) is 5.42. The van der Waals surface area contributed by atoms with Crippen molar-refractivity contribution >= 4 is 11.9 Å². The Morgan fingerprint density at radius 2 is 2.24 bits per heavy atom. The normalized spacial score (nSPS) is 12.7. The van der Waals surface area contributed by atoms with Crippen LogP contribution in [0.5, 0.6) is 5.75 Å². The van der Waals surface area contributed by atoms with E-state index in [-0.39, 0.29) is 18.9 Å². The molecule has 0 fully saturated rings. The molecule has 0 aromatic heterocycles. The van der Waals surface area contributed by atoms with E-state index >= 15 is 0 Å². The van der Waals surface area contributed by atoms with E-state index in [2.05, 4.69) is 5.32 Å². The lowest BCUT2D eigenvalue weighted by Gasteiger charge is -2.05. The first-order chi connectivity index (χ1) is 8.16. The number of amides is 1. The minimum Gasteiger partial charge on any atom is -0.493 e. The van der Waals surface area contributed by atoms with Crippen molar-refractivity contribution in [3.8, 4) is 5.75 Å². The van der Waals surface area contributed by atoms with Gasteiger partial charge in [0, 0.05) is 18.5 Å². The second-order valence-electron chi connectivity index (χ2n) is 3.82. The fourth-order valence-corrected chi connectivity index (χ4v) is 1.71. The number of ether oxygens (including phenoxy) is 1. The van der Waals surface area contributed by atoms with Crippen LogP contribution in [0.2, 0.25) is 0 Å². The third-order valence-corrected chi connectivity index (χ3v) is 2.58. The van der Waals surface area contributed by atoms with E-state index in [1.54, 1.807) is 18.2 Å². The molecule has 0 saturated carbocycles. The molecule has 1 heterocycles. The highest BCUT2D eigenvalue weighted by atomic mass is 16.5. The van der Waals surface area contributed by atoms with Crippen molar-refractivity contribution in [2.24, 2.45) is 0 Å². The molecule has 1 aliphatic heterocycles. The molecular weight excluding hydrogens is 222 g/mol. The number of hydrogen-bond donors (Lipinski definition) is 2. The summed E-state index contributed by atoms with van der Waals surface area (Å²) >= 11 is 0. The number of carbonyl (C=O) groups is 2. The lowest BCUT2D eigenvalue weighted by Crippen LogP contribution is -2.26. The van der Waals surface area contributed by atoms with E-state index in [0.29, 0.717) is 12.2 Å². The van der Waals surface area contributed by atoms with Gasteiger partial charge in [0.2, 0.25) is 0 Å². The fraction of sp³-hybridized carbons (Fsp3) is 0.333. The molecule has 2 N–H and O–H groups in total. The summed E-state index contributed by atoms with van der Waals surface area (Å²) in [4.78, 5) is 22.0. The number of nitrogens with one attached hydrogen (secondary N) is 1. The molecule has 1 amide bonds. The summed E-state index contributed by atoms with van der Waals surface area (Å²) in [5, 5.41) is 11.0. The number of hydrogen-bond acceptors (Lipinski definition) is 3. The topological polar surface area (TPSA) is 75.6 Å². The van der Waals surface area contributed by atoms with E-state index in [1.165, 1.54) is 0 Å². The molecule has 17 heavy (non-hydrogen) atoms. The zero-order chi connectivity index (χ0) is 12.3. The number of carboxylic acid groups (broad SMARTS) is 1. The van der Waals surface area contributed by atoms with E-state index in [1.807, 2.05) is 0 Å². The van der Waals surface area contributed by atoms with Crippen LogP contribution in [0, 0.1) is 0 Å². The highest BCUT2D eigenvalue weighted by Gasteiger charge is 2.14. The summed E-state index contributed by atoms with van der Waals surface area (Å²) in [6.45, 7) is 0.793. The van der Waals surface area contributed by atoms with Gasteiger partial charge in [-0.15, -0.1) is 0 Å². The molecule has 5 nitrogen and oxygen atoms in total. The van der Waals surface area contributed by atoms with Crippen molar-refractivity contribution < 1.29 is 19.4 Å². The molecular formula is C12H13NO4. The molecule has 0 unspecified atom stereocenters. The Balaban J connectivity index is 1.97. The van der Waals surface area contributed by atoms with Gasteiger partial charge in [-0.1, -0.05) is 0 Å². The summed E-state index contributed by atoms with van der Waals surface area (Å²) in [6.07, 6.45) is 0.741. The highest BCUT2D eigenvalue weighted by Crippen LogP contribution is 2.25. The van der Waals surface area contributed by atoms with Crippen LogP contribution in [0.4, 0.5) is 0 Å². The zero-order valence-electron chi connectivity index (χ0n) is 9.23. The second kappa shape index (κ2) is 4.86. The highest BCUT2D eigenvalue weighted by molar-refractivity contribution is 5.94. The summed E-state index contributed by atoms with van der Waals surface area (Å²) in [6, 6.07) is 5.24. The Morgan fingerprint density at radius 3 is 3.00 bits per heavy atom. The fourth-order valence-electron chi connectivity index (χ4n) is 1.71. The Labute approximate surface area is 98.4 Å². The van der Waals surface area contributed by atoms with Crippen molar-refractivity contribution in [2.45, 2.75) is 12.8 Å². The van der Waals surface area contributed by atoms with Gasteiger partial charge in [0.05, 0.1) is 13.0 Å². The molecule has 0 bridgehead atoms. The number of carbonyl (C=O) groups excluding carboxylic acids is 1. The Hall–Kier alpha value is -2.04. The maximum atomic E-state index is 11.7.